The Morgan fingerprint density at radius 2 is 1.63 bits per heavy atom. The van der Waals surface area contributed by atoms with Gasteiger partial charge in [-0.25, -0.2) is 4.79 Å². The number of esters is 3. The van der Waals surface area contributed by atoms with Gasteiger partial charge in [0.1, 0.15) is 24.5 Å². The number of benzene rings is 1. The van der Waals surface area contributed by atoms with Crippen molar-refractivity contribution in [3.8, 4) is 5.75 Å². The molecule has 1 spiro atoms. The first-order valence-corrected chi connectivity index (χ1v) is 23.0. The molecule has 16 atom stereocenters. The molecule has 14 heteroatoms. The summed E-state index contributed by atoms with van der Waals surface area (Å²) >= 11 is 0. The van der Waals surface area contributed by atoms with Gasteiger partial charge in [-0.2, -0.15) is 0 Å². The van der Waals surface area contributed by atoms with Crippen LogP contribution in [0.2, 0.25) is 0 Å². The molecule has 3 saturated carbocycles. The van der Waals surface area contributed by atoms with Crippen LogP contribution in [0.5, 0.6) is 5.75 Å². The SMILES string of the molecule is COc1ccc(CNC(=O)N[C@H]2[C@H](O[C@H]3CC[C@@]4(C)C(=CC[C@H]5[C@@H]6C[C@@H]7O[C@]8(CC[C@@H](C)CO8)[C@@H](C)[C@@H]7[C@@]6(C)CC[C@@H]54)C3)O[C@H](COC(C)=O)[C@@H](OC(C)=O)[C@@H]2OC(C)=O)cc1. The molecule has 342 valence electrons. The van der Waals surface area contributed by atoms with E-state index in [1.54, 1.807) is 19.2 Å². The predicted molar refractivity (Wildman–Crippen MR) is 225 cm³/mol. The number of fused-ring (bicyclic) bond motifs is 7. The van der Waals surface area contributed by atoms with Crippen molar-refractivity contribution < 1.29 is 57.1 Å². The summed E-state index contributed by atoms with van der Waals surface area (Å²) < 4.78 is 49.1. The topological polar surface area (TPSA) is 166 Å². The first-order valence-electron chi connectivity index (χ1n) is 23.0. The van der Waals surface area contributed by atoms with E-state index >= 15 is 0 Å². The normalized spacial score (nSPS) is 41.9. The summed E-state index contributed by atoms with van der Waals surface area (Å²) in [6.07, 6.45) is 6.79. The number of carbonyl (C=O) groups excluding carboxylic acids is 4. The number of rotatable bonds is 10. The lowest BCUT2D eigenvalue weighted by Gasteiger charge is -2.58. The molecule has 7 aliphatic rings. The van der Waals surface area contributed by atoms with Gasteiger partial charge < -0.3 is 48.5 Å². The lowest BCUT2D eigenvalue weighted by molar-refractivity contribution is -0.289. The molecule has 3 heterocycles. The lowest BCUT2D eigenvalue weighted by Crippen LogP contribution is -2.68. The van der Waals surface area contributed by atoms with Crippen molar-refractivity contribution >= 4 is 23.9 Å². The van der Waals surface area contributed by atoms with Crippen LogP contribution in [0.1, 0.15) is 112 Å². The van der Waals surface area contributed by atoms with Crippen molar-refractivity contribution in [1.82, 2.24) is 10.6 Å². The van der Waals surface area contributed by atoms with E-state index in [0.29, 0.717) is 47.7 Å². The molecule has 6 fully saturated rings. The number of carbonyl (C=O) groups is 4. The van der Waals surface area contributed by atoms with Crippen LogP contribution in [0.4, 0.5) is 4.79 Å². The fourth-order valence-electron chi connectivity index (χ4n) is 13.3. The second kappa shape index (κ2) is 17.7. The highest BCUT2D eigenvalue weighted by molar-refractivity contribution is 5.74. The fraction of sp³-hybridized carbons (Fsp3) is 0.750. The van der Waals surface area contributed by atoms with Crippen LogP contribution >= 0.6 is 0 Å². The second-order valence-electron chi connectivity index (χ2n) is 20.0. The molecule has 0 bridgehead atoms. The highest BCUT2D eigenvalue weighted by atomic mass is 16.7. The molecule has 8 rings (SSSR count). The Morgan fingerprint density at radius 3 is 2.31 bits per heavy atom. The number of methoxy groups -OCH3 is 1. The Labute approximate surface area is 366 Å². The minimum Gasteiger partial charge on any atom is -0.497 e. The van der Waals surface area contributed by atoms with Crippen LogP contribution in [-0.4, -0.2) is 92.9 Å². The molecule has 14 nitrogen and oxygen atoms in total. The Kier molecular flexibility index (Phi) is 12.8. The molecule has 3 aliphatic heterocycles. The van der Waals surface area contributed by atoms with Gasteiger partial charge in [0.05, 0.1) is 25.9 Å². The van der Waals surface area contributed by atoms with Crippen molar-refractivity contribution in [3.63, 3.8) is 0 Å². The van der Waals surface area contributed by atoms with E-state index in [1.165, 1.54) is 39.2 Å². The maximum absolute atomic E-state index is 13.6. The minimum atomic E-state index is -1.23. The average Bonchev–Trinajstić information content (AvgIpc) is 3.68. The number of amides is 2. The van der Waals surface area contributed by atoms with Crippen molar-refractivity contribution in [1.29, 1.82) is 0 Å². The van der Waals surface area contributed by atoms with Gasteiger partial charge in [0.2, 0.25) is 0 Å². The Morgan fingerprint density at radius 1 is 0.887 bits per heavy atom. The standard InChI is InChI=1S/C48H68N2O12/c1-26-15-20-48(57-24-26)27(2)40-38(62-48)22-37-35-14-11-32-21-34(16-18-46(32,6)36(35)17-19-47(37,40)7)60-44-41(50-45(54)49-23-31-9-12-33(55-8)13-10-31)43(59-30(5)53)42(58-29(4)52)39(61-44)25-56-28(3)51/h9-13,26-27,34-44H,14-25H2,1-8H3,(H2,49,50,54)/t26-,27+,34+,35-,36+,37+,38+,39-,40+,41-,42-,43-,44-,46+,47+,48-/m1/s1. The number of allylic oxidation sites excluding steroid dienone is 1. The van der Waals surface area contributed by atoms with Gasteiger partial charge in [0.15, 0.2) is 24.3 Å². The van der Waals surface area contributed by atoms with Crippen LogP contribution in [0.3, 0.4) is 0 Å². The average molecular weight is 865 g/mol. The summed E-state index contributed by atoms with van der Waals surface area (Å²) in [5, 5.41) is 5.79. The summed E-state index contributed by atoms with van der Waals surface area (Å²) in [5.74, 6) is 1.58. The third kappa shape index (κ3) is 8.50. The van der Waals surface area contributed by atoms with Gasteiger partial charge in [-0.05, 0) is 109 Å². The molecular formula is C48H68N2O12. The molecule has 2 N–H and O–H groups in total. The van der Waals surface area contributed by atoms with E-state index in [9.17, 15) is 19.2 Å². The van der Waals surface area contributed by atoms with Crippen molar-refractivity contribution in [3.05, 3.63) is 41.5 Å². The number of ether oxygens (including phenoxy) is 8. The molecule has 1 aromatic carbocycles. The molecule has 0 aromatic heterocycles. The van der Waals surface area contributed by atoms with Gasteiger partial charge in [0, 0.05) is 39.7 Å². The first kappa shape index (κ1) is 44.9. The largest absolute Gasteiger partial charge is 0.497 e. The minimum absolute atomic E-state index is 0.0170. The van der Waals surface area contributed by atoms with Crippen LogP contribution in [0, 0.1) is 46.3 Å². The number of urea groups is 1. The van der Waals surface area contributed by atoms with Crippen LogP contribution in [0.25, 0.3) is 0 Å². The van der Waals surface area contributed by atoms with Crippen molar-refractivity contribution in [2.75, 3.05) is 20.3 Å². The lowest BCUT2D eigenvalue weighted by atomic mass is 9.47. The van der Waals surface area contributed by atoms with E-state index in [2.05, 4.69) is 44.4 Å². The second-order valence-corrected chi connectivity index (χ2v) is 20.0. The smallest absolute Gasteiger partial charge is 0.315 e. The van der Waals surface area contributed by atoms with Gasteiger partial charge in [-0.15, -0.1) is 0 Å². The predicted octanol–water partition coefficient (Wildman–Crippen LogP) is 6.77. The zero-order chi connectivity index (χ0) is 44.1. The highest BCUT2D eigenvalue weighted by Gasteiger charge is 2.69. The van der Waals surface area contributed by atoms with E-state index < -0.39 is 60.4 Å². The van der Waals surface area contributed by atoms with Crippen molar-refractivity contribution in [2.24, 2.45) is 46.3 Å². The van der Waals surface area contributed by atoms with Crippen LogP contribution < -0.4 is 15.4 Å². The molecule has 62 heavy (non-hydrogen) atoms. The molecule has 0 unspecified atom stereocenters. The monoisotopic (exact) mass is 864 g/mol. The highest BCUT2D eigenvalue weighted by Crippen LogP contribution is 2.70. The van der Waals surface area contributed by atoms with E-state index in [1.807, 2.05) is 12.1 Å². The zero-order valence-corrected chi connectivity index (χ0v) is 37.8. The molecular weight excluding hydrogens is 797 g/mol. The van der Waals surface area contributed by atoms with Gasteiger partial charge in [0.25, 0.3) is 0 Å². The summed E-state index contributed by atoms with van der Waals surface area (Å²) in [4.78, 5) is 50.8. The summed E-state index contributed by atoms with van der Waals surface area (Å²) in [6.45, 7) is 14.1. The molecule has 3 saturated heterocycles. The zero-order valence-electron chi connectivity index (χ0n) is 37.8. The third-order valence-electron chi connectivity index (χ3n) is 16.3. The Hall–Kier alpha value is -3.72. The van der Waals surface area contributed by atoms with Crippen LogP contribution in [0.15, 0.2) is 35.9 Å². The maximum atomic E-state index is 13.6. The van der Waals surface area contributed by atoms with Gasteiger partial charge in [-0.3, -0.25) is 14.4 Å². The first-order chi connectivity index (χ1) is 29.5. The molecule has 0 radical (unpaired) electrons. The number of hydrogen-bond donors (Lipinski definition) is 2. The van der Waals surface area contributed by atoms with Gasteiger partial charge >= 0.3 is 23.9 Å². The van der Waals surface area contributed by atoms with E-state index in [4.69, 9.17) is 37.9 Å². The fourth-order valence-corrected chi connectivity index (χ4v) is 13.3. The molecule has 4 aliphatic carbocycles. The summed E-state index contributed by atoms with van der Waals surface area (Å²) in [7, 11) is 1.58. The summed E-state index contributed by atoms with van der Waals surface area (Å²) in [5.41, 5.74) is 2.46. The summed E-state index contributed by atoms with van der Waals surface area (Å²) in [6, 6.07) is 5.61. The van der Waals surface area contributed by atoms with E-state index in [0.717, 1.165) is 50.7 Å². The van der Waals surface area contributed by atoms with E-state index in [-0.39, 0.29) is 36.2 Å². The Bertz CT molecular complexity index is 1860. The van der Waals surface area contributed by atoms with Gasteiger partial charge in [-0.1, -0.05) is 51.5 Å². The Balaban J connectivity index is 0.999. The number of hydrogen-bond acceptors (Lipinski definition) is 12. The van der Waals surface area contributed by atoms with Crippen molar-refractivity contribution in [2.45, 2.75) is 161 Å². The number of nitrogens with one attached hydrogen (secondary N) is 2. The quantitative estimate of drug-likeness (QED) is 0.144. The maximum Gasteiger partial charge on any atom is 0.315 e. The molecule has 1 aromatic rings. The van der Waals surface area contributed by atoms with Crippen LogP contribution in [-0.2, 0) is 54.1 Å². The third-order valence-corrected chi connectivity index (χ3v) is 16.3. The molecule has 2 amide bonds.